The molecule has 1 N–H and O–H groups in total. The SMILES string of the molecule is CCOC(=O)c1[nH]c(C)c(C(=O)CN(CCc2ccccn2)C(=O)CC)c1C. The number of H-pyrrole nitrogens is 1. The smallest absolute Gasteiger partial charge is 0.355 e. The number of carbonyl (C=O) groups is 3. The van der Waals surface area contributed by atoms with Crippen LogP contribution in [0, 0.1) is 13.8 Å². The van der Waals surface area contributed by atoms with Gasteiger partial charge in [0.05, 0.1) is 13.2 Å². The van der Waals surface area contributed by atoms with Gasteiger partial charge in [0.1, 0.15) is 5.69 Å². The lowest BCUT2D eigenvalue weighted by Crippen LogP contribution is -2.37. The lowest BCUT2D eigenvalue weighted by atomic mass is 10.0. The molecular formula is C21H27N3O4. The Labute approximate surface area is 165 Å². The Morgan fingerprint density at radius 3 is 2.54 bits per heavy atom. The molecule has 0 saturated heterocycles. The van der Waals surface area contributed by atoms with Crippen molar-refractivity contribution in [2.45, 2.75) is 40.5 Å². The first-order valence-corrected chi connectivity index (χ1v) is 9.46. The fourth-order valence-electron chi connectivity index (χ4n) is 3.14. The maximum atomic E-state index is 12.9. The van der Waals surface area contributed by atoms with E-state index in [1.165, 1.54) is 0 Å². The van der Waals surface area contributed by atoms with E-state index in [-0.39, 0.29) is 30.5 Å². The summed E-state index contributed by atoms with van der Waals surface area (Å²) in [6.07, 6.45) is 2.59. The summed E-state index contributed by atoms with van der Waals surface area (Å²) in [6.45, 7) is 7.57. The number of hydrogen-bond donors (Lipinski definition) is 1. The summed E-state index contributed by atoms with van der Waals surface area (Å²) in [4.78, 5) is 46.1. The number of hydrogen-bond acceptors (Lipinski definition) is 5. The molecule has 0 spiro atoms. The Hall–Kier alpha value is -2.96. The molecule has 0 aliphatic heterocycles. The molecule has 0 atom stereocenters. The Morgan fingerprint density at radius 2 is 1.93 bits per heavy atom. The van der Waals surface area contributed by atoms with Gasteiger partial charge in [-0.25, -0.2) is 4.79 Å². The molecule has 0 bridgehead atoms. The Morgan fingerprint density at radius 1 is 1.18 bits per heavy atom. The van der Waals surface area contributed by atoms with Crippen LogP contribution in [-0.4, -0.2) is 52.2 Å². The van der Waals surface area contributed by atoms with Crippen LogP contribution in [0.5, 0.6) is 0 Å². The molecule has 28 heavy (non-hydrogen) atoms. The summed E-state index contributed by atoms with van der Waals surface area (Å²) in [5, 5.41) is 0. The van der Waals surface area contributed by atoms with Gasteiger partial charge in [0.2, 0.25) is 5.91 Å². The molecule has 0 aliphatic carbocycles. The third kappa shape index (κ3) is 5.06. The van der Waals surface area contributed by atoms with E-state index >= 15 is 0 Å². The van der Waals surface area contributed by atoms with Gasteiger partial charge in [-0.15, -0.1) is 0 Å². The van der Waals surface area contributed by atoms with Crippen molar-refractivity contribution >= 4 is 17.7 Å². The quantitative estimate of drug-likeness (QED) is 0.529. The molecule has 7 heteroatoms. The van der Waals surface area contributed by atoms with Crippen molar-refractivity contribution in [3.63, 3.8) is 0 Å². The van der Waals surface area contributed by atoms with Crippen molar-refractivity contribution in [3.05, 3.63) is 52.6 Å². The number of Topliss-reactive ketones (excluding diaryl/α,β-unsaturated/α-hetero) is 1. The van der Waals surface area contributed by atoms with E-state index in [9.17, 15) is 14.4 Å². The van der Waals surface area contributed by atoms with E-state index in [4.69, 9.17) is 4.74 Å². The normalized spacial score (nSPS) is 10.6. The number of aromatic nitrogens is 2. The van der Waals surface area contributed by atoms with Crippen LogP contribution in [0.3, 0.4) is 0 Å². The predicted octanol–water partition coefficient (Wildman–Crippen LogP) is 2.87. The van der Waals surface area contributed by atoms with Gasteiger partial charge in [-0.2, -0.15) is 0 Å². The summed E-state index contributed by atoms with van der Waals surface area (Å²) in [5.41, 5.74) is 2.73. The summed E-state index contributed by atoms with van der Waals surface area (Å²) >= 11 is 0. The average Bonchev–Trinajstić information content (AvgIpc) is 2.99. The summed E-state index contributed by atoms with van der Waals surface area (Å²) in [7, 11) is 0. The van der Waals surface area contributed by atoms with E-state index in [0.29, 0.717) is 36.2 Å². The molecule has 2 rings (SSSR count). The number of carbonyl (C=O) groups excluding carboxylic acids is 3. The molecule has 0 aliphatic rings. The molecule has 0 radical (unpaired) electrons. The van der Waals surface area contributed by atoms with E-state index < -0.39 is 5.97 Å². The average molecular weight is 385 g/mol. The number of ether oxygens (including phenoxy) is 1. The lowest BCUT2D eigenvalue weighted by molar-refractivity contribution is -0.130. The van der Waals surface area contributed by atoms with Crippen molar-refractivity contribution in [2.24, 2.45) is 0 Å². The highest BCUT2D eigenvalue weighted by Crippen LogP contribution is 2.20. The van der Waals surface area contributed by atoms with Crippen molar-refractivity contribution in [3.8, 4) is 0 Å². The van der Waals surface area contributed by atoms with E-state index in [0.717, 1.165) is 5.69 Å². The van der Waals surface area contributed by atoms with Crippen molar-refractivity contribution in [2.75, 3.05) is 19.7 Å². The molecule has 0 saturated carbocycles. The zero-order valence-corrected chi connectivity index (χ0v) is 16.9. The number of pyridine rings is 1. The molecular weight excluding hydrogens is 358 g/mol. The number of esters is 1. The molecule has 1 amide bonds. The summed E-state index contributed by atoms with van der Waals surface area (Å²) < 4.78 is 5.03. The zero-order chi connectivity index (χ0) is 20.7. The maximum absolute atomic E-state index is 12.9. The number of amides is 1. The minimum Gasteiger partial charge on any atom is -0.461 e. The number of aryl methyl sites for hydroxylation is 1. The highest BCUT2D eigenvalue weighted by atomic mass is 16.5. The monoisotopic (exact) mass is 385 g/mol. The molecule has 7 nitrogen and oxygen atoms in total. The van der Waals surface area contributed by atoms with E-state index in [1.54, 1.807) is 38.8 Å². The first-order chi connectivity index (χ1) is 13.4. The number of nitrogens with zero attached hydrogens (tertiary/aromatic N) is 2. The Bertz CT molecular complexity index is 843. The minimum absolute atomic E-state index is 0.0404. The van der Waals surface area contributed by atoms with Gasteiger partial charge in [-0.3, -0.25) is 14.6 Å². The second kappa shape index (κ2) is 9.82. The van der Waals surface area contributed by atoms with Crippen LogP contribution in [0.1, 0.15) is 58.1 Å². The standard InChI is InChI=1S/C21H27N3O4/c1-5-18(26)24(12-10-16-9-7-8-11-22-16)13-17(25)19-14(3)20(23-15(19)4)21(27)28-6-2/h7-9,11,23H,5-6,10,12-13H2,1-4H3. The van der Waals surface area contributed by atoms with Crippen LogP contribution in [0.15, 0.2) is 24.4 Å². The minimum atomic E-state index is -0.487. The van der Waals surface area contributed by atoms with Gasteiger partial charge in [-0.1, -0.05) is 13.0 Å². The van der Waals surface area contributed by atoms with Crippen molar-refractivity contribution in [1.29, 1.82) is 0 Å². The molecule has 0 fully saturated rings. The number of rotatable bonds is 9. The maximum Gasteiger partial charge on any atom is 0.355 e. The lowest BCUT2D eigenvalue weighted by Gasteiger charge is -2.21. The number of nitrogens with one attached hydrogen (secondary N) is 1. The third-order valence-corrected chi connectivity index (χ3v) is 4.55. The zero-order valence-electron chi connectivity index (χ0n) is 16.9. The fraction of sp³-hybridized carbons (Fsp3) is 0.429. The largest absolute Gasteiger partial charge is 0.461 e. The number of aromatic amines is 1. The third-order valence-electron chi connectivity index (χ3n) is 4.55. The van der Waals surface area contributed by atoms with E-state index in [1.807, 2.05) is 18.2 Å². The predicted molar refractivity (Wildman–Crippen MR) is 105 cm³/mol. The summed E-state index contributed by atoms with van der Waals surface area (Å²) in [6, 6.07) is 5.62. The number of ketones is 1. The van der Waals surface area contributed by atoms with Gasteiger partial charge in [0.25, 0.3) is 0 Å². The second-order valence-corrected chi connectivity index (χ2v) is 6.51. The fourth-order valence-corrected chi connectivity index (χ4v) is 3.14. The van der Waals surface area contributed by atoms with Crippen molar-refractivity contribution < 1.29 is 19.1 Å². The van der Waals surface area contributed by atoms with Gasteiger partial charge in [0.15, 0.2) is 5.78 Å². The van der Waals surface area contributed by atoms with Crippen LogP contribution < -0.4 is 0 Å². The molecule has 2 heterocycles. The van der Waals surface area contributed by atoms with Crippen LogP contribution in [0.4, 0.5) is 0 Å². The highest BCUT2D eigenvalue weighted by Gasteiger charge is 2.25. The molecule has 150 valence electrons. The van der Waals surface area contributed by atoms with Gasteiger partial charge < -0.3 is 14.6 Å². The van der Waals surface area contributed by atoms with Crippen molar-refractivity contribution in [1.82, 2.24) is 14.9 Å². The van der Waals surface area contributed by atoms with Gasteiger partial charge >= 0.3 is 5.97 Å². The summed E-state index contributed by atoms with van der Waals surface area (Å²) in [5.74, 6) is -0.788. The topological polar surface area (TPSA) is 92.4 Å². The van der Waals surface area contributed by atoms with Crippen LogP contribution in [-0.2, 0) is 16.0 Å². The van der Waals surface area contributed by atoms with Crippen LogP contribution >= 0.6 is 0 Å². The van der Waals surface area contributed by atoms with Crippen LogP contribution in [0.2, 0.25) is 0 Å². The first kappa shape index (κ1) is 21.3. The highest BCUT2D eigenvalue weighted by molar-refractivity contribution is 6.04. The second-order valence-electron chi connectivity index (χ2n) is 6.51. The Kier molecular flexibility index (Phi) is 7.49. The molecule has 0 aromatic carbocycles. The molecule has 0 unspecified atom stereocenters. The Balaban J connectivity index is 2.17. The molecule has 2 aromatic rings. The van der Waals surface area contributed by atoms with Crippen LogP contribution in [0.25, 0.3) is 0 Å². The van der Waals surface area contributed by atoms with Gasteiger partial charge in [0, 0.05) is 42.5 Å². The first-order valence-electron chi connectivity index (χ1n) is 9.46. The van der Waals surface area contributed by atoms with E-state index in [2.05, 4.69) is 9.97 Å². The van der Waals surface area contributed by atoms with Gasteiger partial charge in [-0.05, 0) is 38.5 Å². The molecule has 2 aromatic heterocycles.